The number of hydrogen-bond donors (Lipinski definition) is 0. The normalized spacial score (nSPS) is 15.2. The van der Waals surface area contributed by atoms with Crippen molar-refractivity contribution in [2.45, 2.75) is 25.7 Å². The molecule has 44 heavy (non-hydrogen) atoms. The summed E-state index contributed by atoms with van der Waals surface area (Å²) in [6.07, 6.45) is -3.59. The van der Waals surface area contributed by atoms with E-state index in [1.807, 2.05) is 22.6 Å². The highest BCUT2D eigenvalue weighted by atomic mass is 127. The molecule has 1 aliphatic heterocycles. The van der Waals surface area contributed by atoms with Gasteiger partial charge in [-0.1, -0.05) is 58.8 Å². The number of aromatic nitrogens is 1. The van der Waals surface area contributed by atoms with Gasteiger partial charge in [0.15, 0.2) is 10.5 Å². The number of halogens is 7. The van der Waals surface area contributed by atoms with Gasteiger partial charge in [-0.3, -0.25) is 9.36 Å². The Hall–Kier alpha value is -3.20. The van der Waals surface area contributed by atoms with Crippen LogP contribution in [0.2, 0.25) is 10.0 Å². The molecule has 2 heterocycles. The number of nitrogens with zero attached hydrogens (tertiary/aromatic N) is 2. The van der Waals surface area contributed by atoms with Crippen LogP contribution in [0.4, 0.5) is 17.6 Å². The molecule has 5 rings (SSSR count). The first-order valence-electron chi connectivity index (χ1n) is 12.8. The summed E-state index contributed by atoms with van der Waals surface area (Å²) in [5, 5.41) is 0.633. The molecule has 0 radical (unpaired) electrons. The van der Waals surface area contributed by atoms with Gasteiger partial charge in [0, 0.05) is 15.6 Å². The average molecular weight is 777 g/mol. The lowest BCUT2D eigenvalue weighted by Crippen LogP contribution is -2.41. The highest BCUT2D eigenvalue weighted by Crippen LogP contribution is 2.38. The number of rotatable bonds is 7. The Bertz CT molecular complexity index is 1960. The number of hydrogen-bond acceptors (Lipinski definition) is 6. The van der Waals surface area contributed by atoms with Crippen molar-refractivity contribution in [1.29, 1.82) is 0 Å². The Balaban J connectivity index is 1.71. The van der Waals surface area contributed by atoms with E-state index < -0.39 is 40.8 Å². The molecule has 0 amide bonds. The summed E-state index contributed by atoms with van der Waals surface area (Å²) in [7, 11) is 0. The van der Waals surface area contributed by atoms with Gasteiger partial charge < -0.3 is 9.47 Å². The summed E-state index contributed by atoms with van der Waals surface area (Å²) in [4.78, 5) is 30.4. The van der Waals surface area contributed by atoms with Crippen LogP contribution >= 0.6 is 57.1 Å². The van der Waals surface area contributed by atoms with Crippen molar-refractivity contribution in [1.82, 2.24) is 4.57 Å². The van der Waals surface area contributed by atoms with Crippen molar-refractivity contribution in [3.05, 3.63) is 128 Å². The summed E-state index contributed by atoms with van der Waals surface area (Å²) in [6.45, 7) is 1.33. The molecule has 0 unspecified atom stereocenters. The van der Waals surface area contributed by atoms with Gasteiger partial charge in [0.2, 0.25) is 0 Å². The maximum atomic E-state index is 14.4. The summed E-state index contributed by atoms with van der Waals surface area (Å²) in [6, 6.07) is 13.2. The summed E-state index contributed by atoms with van der Waals surface area (Å²) in [5.74, 6) is -1.30. The summed E-state index contributed by atoms with van der Waals surface area (Å²) < 4.78 is 69.1. The Morgan fingerprint density at radius 3 is 2.41 bits per heavy atom. The van der Waals surface area contributed by atoms with Crippen molar-refractivity contribution < 1.29 is 31.8 Å². The molecule has 0 fully saturated rings. The second-order valence-corrected chi connectivity index (χ2v) is 12.4. The molecule has 1 atom stereocenters. The molecule has 1 aliphatic rings. The van der Waals surface area contributed by atoms with Crippen LogP contribution in [-0.2, 0) is 16.1 Å². The lowest BCUT2D eigenvalue weighted by Gasteiger charge is -2.26. The lowest BCUT2D eigenvalue weighted by molar-refractivity contribution is -0.140. The largest absolute Gasteiger partial charge is 0.487 e. The van der Waals surface area contributed by atoms with Crippen LogP contribution < -0.4 is 19.6 Å². The SMILES string of the molecule is CCOC(=O)C1=C(C(F)(F)F)N=c2s/c(=C\c3cc(Cl)cc(I)c3OCc3ccc(F)cc3)c(=O)n2[C@H]1c1ccc(Cl)cc1. The van der Waals surface area contributed by atoms with Gasteiger partial charge in [-0.2, -0.15) is 13.2 Å². The minimum Gasteiger partial charge on any atom is -0.487 e. The van der Waals surface area contributed by atoms with E-state index in [4.69, 9.17) is 32.7 Å². The zero-order chi connectivity index (χ0) is 31.8. The van der Waals surface area contributed by atoms with Crippen LogP contribution in [0, 0.1) is 9.39 Å². The van der Waals surface area contributed by atoms with Crippen LogP contribution in [0.25, 0.3) is 6.08 Å². The molecular weight excluding hydrogens is 758 g/mol. The van der Waals surface area contributed by atoms with E-state index >= 15 is 0 Å². The van der Waals surface area contributed by atoms with Crippen molar-refractivity contribution in [2.24, 2.45) is 4.99 Å². The number of thiazole rings is 1. The number of carbonyl (C=O) groups excluding carboxylic acids is 1. The fourth-order valence-corrected chi connectivity index (χ4v) is 6.85. The Morgan fingerprint density at radius 1 is 1.09 bits per heavy atom. The van der Waals surface area contributed by atoms with Crippen LogP contribution in [0.15, 0.2) is 81.7 Å². The van der Waals surface area contributed by atoms with E-state index in [9.17, 15) is 27.2 Å². The number of esters is 1. The van der Waals surface area contributed by atoms with Gasteiger partial charge in [0.1, 0.15) is 18.2 Å². The predicted octanol–water partition coefficient (Wildman–Crippen LogP) is 6.97. The molecule has 0 saturated heterocycles. The van der Waals surface area contributed by atoms with Gasteiger partial charge in [-0.05, 0) is 83.1 Å². The maximum absolute atomic E-state index is 14.4. The summed E-state index contributed by atoms with van der Waals surface area (Å²) in [5.41, 5.74) is -1.72. The second-order valence-electron chi connectivity index (χ2n) is 9.34. The molecule has 228 valence electrons. The minimum absolute atomic E-state index is 0.0130. The topological polar surface area (TPSA) is 69.9 Å². The van der Waals surface area contributed by atoms with Crippen molar-refractivity contribution in [3.8, 4) is 5.75 Å². The highest BCUT2D eigenvalue weighted by Gasteiger charge is 2.45. The molecule has 3 aromatic carbocycles. The van der Waals surface area contributed by atoms with Crippen molar-refractivity contribution in [3.63, 3.8) is 0 Å². The first kappa shape index (κ1) is 32.2. The second kappa shape index (κ2) is 13.0. The first-order valence-corrected chi connectivity index (χ1v) is 15.4. The smallest absolute Gasteiger partial charge is 0.434 e. The van der Waals surface area contributed by atoms with Crippen LogP contribution in [-0.4, -0.2) is 23.3 Å². The first-order chi connectivity index (χ1) is 20.9. The molecule has 0 bridgehead atoms. The zero-order valence-electron chi connectivity index (χ0n) is 22.4. The number of alkyl halides is 3. The van der Waals surface area contributed by atoms with E-state index in [1.54, 1.807) is 24.3 Å². The fraction of sp³-hybridized carbons (Fsp3) is 0.167. The predicted molar refractivity (Wildman–Crippen MR) is 167 cm³/mol. The van der Waals surface area contributed by atoms with E-state index in [0.717, 1.165) is 4.57 Å². The van der Waals surface area contributed by atoms with Gasteiger partial charge in [0.05, 0.1) is 26.3 Å². The molecule has 14 heteroatoms. The molecule has 4 aromatic rings. The third-order valence-electron chi connectivity index (χ3n) is 6.40. The minimum atomic E-state index is -5.04. The standard InChI is InChI=1S/C30H19Cl2F4IN2O4S/c1-2-42-28(41)23-24(16-5-7-18(31)8-6-16)39-27(40)22(44-29(39)38-26(23)30(34,35)36)12-17-11-19(32)13-21(37)25(17)43-14-15-3-9-20(33)10-4-15/h3-13,24H,2,14H2,1H3/b22-12-/t24-/m0/s1. The van der Waals surface area contributed by atoms with Crippen LogP contribution in [0.1, 0.15) is 29.7 Å². The number of allylic oxidation sites excluding steroid dienone is 1. The summed E-state index contributed by atoms with van der Waals surface area (Å²) >= 11 is 15.1. The molecule has 0 N–H and O–H groups in total. The molecule has 0 saturated carbocycles. The Morgan fingerprint density at radius 2 is 1.77 bits per heavy atom. The third-order valence-corrected chi connectivity index (χ3v) is 8.66. The molecule has 6 nitrogen and oxygen atoms in total. The van der Waals surface area contributed by atoms with Gasteiger partial charge >= 0.3 is 12.1 Å². The number of benzene rings is 3. The van der Waals surface area contributed by atoms with Crippen LogP contribution in [0.3, 0.4) is 0 Å². The number of fused-ring (bicyclic) bond motifs is 1. The van der Waals surface area contributed by atoms with Crippen molar-refractivity contribution in [2.75, 3.05) is 6.61 Å². The third kappa shape index (κ3) is 6.72. The lowest BCUT2D eigenvalue weighted by atomic mass is 9.95. The molecule has 1 aromatic heterocycles. The van der Waals surface area contributed by atoms with Gasteiger partial charge in [-0.25, -0.2) is 14.2 Å². The maximum Gasteiger partial charge on any atom is 0.434 e. The van der Waals surface area contributed by atoms with Gasteiger partial charge in [0.25, 0.3) is 5.56 Å². The Kier molecular flexibility index (Phi) is 9.54. The number of carbonyl (C=O) groups is 1. The Labute approximate surface area is 275 Å². The molecule has 0 aliphatic carbocycles. The zero-order valence-corrected chi connectivity index (χ0v) is 26.9. The van der Waals surface area contributed by atoms with E-state index in [-0.39, 0.29) is 28.1 Å². The van der Waals surface area contributed by atoms with Crippen molar-refractivity contribution >= 4 is 69.2 Å². The quantitative estimate of drug-likeness (QED) is 0.116. The monoisotopic (exact) mass is 776 g/mol. The number of ether oxygens (including phenoxy) is 2. The van der Waals surface area contributed by atoms with Gasteiger partial charge in [-0.15, -0.1) is 0 Å². The van der Waals surface area contributed by atoms with E-state index in [1.165, 1.54) is 49.4 Å². The van der Waals surface area contributed by atoms with E-state index in [2.05, 4.69) is 4.99 Å². The highest BCUT2D eigenvalue weighted by molar-refractivity contribution is 14.1. The van der Waals surface area contributed by atoms with Crippen LogP contribution in [0.5, 0.6) is 5.75 Å². The molecular formula is C30H19Cl2F4IN2O4S. The fourth-order valence-electron chi connectivity index (χ4n) is 4.52. The average Bonchev–Trinajstić information content (AvgIpc) is 3.27. The molecule has 0 spiro atoms. The van der Waals surface area contributed by atoms with E-state index in [0.29, 0.717) is 41.8 Å².